The fraction of sp³-hybridized carbons (Fsp3) is 0.294. The van der Waals surface area contributed by atoms with E-state index in [1.54, 1.807) is 17.8 Å². The van der Waals surface area contributed by atoms with Gasteiger partial charge in [0.25, 0.3) is 0 Å². The normalized spacial score (nSPS) is 12.3. The molecule has 0 radical (unpaired) electrons. The first-order chi connectivity index (χ1) is 11.6. The van der Waals surface area contributed by atoms with E-state index in [4.69, 9.17) is 0 Å². The average molecular weight is 327 g/mol. The number of amides is 2. The number of nitrogens with zero attached hydrogens (tertiary/aromatic N) is 2. The highest BCUT2D eigenvalue weighted by Gasteiger charge is 2.15. The highest BCUT2D eigenvalue weighted by atomic mass is 16.3. The summed E-state index contributed by atoms with van der Waals surface area (Å²) in [6.45, 7) is 1.72. The van der Waals surface area contributed by atoms with E-state index in [0.717, 1.165) is 22.2 Å². The maximum atomic E-state index is 12.2. The molecular weight excluding hydrogens is 306 g/mol. The van der Waals surface area contributed by atoms with Gasteiger partial charge in [-0.25, -0.2) is 4.79 Å². The highest BCUT2D eigenvalue weighted by Crippen LogP contribution is 2.19. The van der Waals surface area contributed by atoms with E-state index in [2.05, 4.69) is 20.7 Å². The van der Waals surface area contributed by atoms with Crippen molar-refractivity contribution < 1.29 is 9.90 Å². The first-order valence-corrected chi connectivity index (χ1v) is 7.81. The third-order valence-electron chi connectivity index (χ3n) is 3.94. The number of para-hydroxylation sites is 1. The van der Waals surface area contributed by atoms with Gasteiger partial charge in [-0.1, -0.05) is 18.2 Å². The van der Waals surface area contributed by atoms with Gasteiger partial charge in [-0.2, -0.15) is 5.10 Å². The summed E-state index contributed by atoms with van der Waals surface area (Å²) in [6.07, 6.45) is 2.45. The van der Waals surface area contributed by atoms with Crippen LogP contribution in [-0.2, 0) is 13.5 Å². The van der Waals surface area contributed by atoms with Crippen molar-refractivity contribution in [3.8, 4) is 0 Å². The highest BCUT2D eigenvalue weighted by molar-refractivity contribution is 5.88. The Bertz CT molecular complexity index is 852. The van der Waals surface area contributed by atoms with Crippen molar-refractivity contribution in [1.82, 2.24) is 20.1 Å². The number of carbonyl (C=O) groups excluding carboxylic acids is 1. The number of nitrogens with one attached hydrogen (secondary N) is 3. The third-order valence-corrected chi connectivity index (χ3v) is 3.94. The molecule has 1 aromatic carbocycles. The Morgan fingerprint density at radius 1 is 1.42 bits per heavy atom. The van der Waals surface area contributed by atoms with Crippen molar-refractivity contribution >= 4 is 22.8 Å². The van der Waals surface area contributed by atoms with Crippen molar-refractivity contribution in [1.29, 1.82) is 0 Å². The zero-order valence-corrected chi connectivity index (χ0v) is 13.7. The molecule has 1 atom stereocenters. The summed E-state index contributed by atoms with van der Waals surface area (Å²) < 4.78 is 1.60. The van der Waals surface area contributed by atoms with Gasteiger partial charge in [-0.3, -0.25) is 10.00 Å². The third kappa shape index (κ3) is 3.41. The molecule has 3 rings (SSSR count). The van der Waals surface area contributed by atoms with Crippen molar-refractivity contribution in [3.63, 3.8) is 0 Å². The first-order valence-electron chi connectivity index (χ1n) is 7.81. The van der Waals surface area contributed by atoms with Crippen LogP contribution in [0.2, 0.25) is 0 Å². The van der Waals surface area contributed by atoms with Crippen molar-refractivity contribution in [3.05, 3.63) is 47.8 Å². The number of aryl methyl sites for hydroxylation is 2. The van der Waals surface area contributed by atoms with Gasteiger partial charge in [0, 0.05) is 30.2 Å². The summed E-state index contributed by atoms with van der Waals surface area (Å²) in [4.78, 5) is 15.4. The van der Waals surface area contributed by atoms with Gasteiger partial charge < -0.3 is 15.4 Å². The number of urea groups is 1. The van der Waals surface area contributed by atoms with Crippen molar-refractivity contribution in [2.45, 2.75) is 19.4 Å². The molecule has 4 N–H and O–H groups in total. The van der Waals surface area contributed by atoms with Crippen molar-refractivity contribution in [2.75, 3.05) is 11.9 Å². The lowest BCUT2D eigenvalue weighted by Gasteiger charge is -2.16. The number of aliphatic hydroxyl groups excluding tert-OH is 1. The second kappa shape index (κ2) is 6.76. The molecule has 2 aromatic heterocycles. The minimum absolute atomic E-state index is 0.142. The molecule has 0 bridgehead atoms. The van der Waals surface area contributed by atoms with Crippen molar-refractivity contribution in [2.24, 2.45) is 7.05 Å². The zero-order valence-electron chi connectivity index (χ0n) is 13.7. The van der Waals surface area contributed by atoms with Gasteiger partial charge in [0.05, 0.1) is 18.3 Å². The predicted molar refractivity (Wildman–Crippen MR) is 93.0 cm³/mol. The van der Waals surface area contributed by atoms with Crippen LogP contribution in [0.1, 0.15) is 11.3 Å². The molecule has 7 heteroatoms. The number of hydrogen-bond acceptors (Lipinski definition) is 3. The minimum Gasteiger partial charge on any atom is -0.394 e. The van der Waals surface area contributed by atoms with Crippen LogP contribution in [-0.4, -0.2) is 38.6 Å². The van der Waals surface area contributed by atoms with Gasteiger partial charge in [-0.15, -0.1) is 0 Å². The Hall–Kier alpha value is -2.80. The molecule has 2 heterocycles. The number of hydrogen-bond donors (Lipinski definition) is 4. The Morgan fingerprint density at radius 3 is 2.92 bits per heavy atom. The standard InChI is InChI=1S/C17H21N5O2/c1-11-7-16(22(2)21-11)20-17(24)19-13(10-23)8-12-9-18-15-6-4-3-5-14(12)15/h3-7,9,13,18,23H,8,10H2,1-2H3,(H2,19,20,24)/t13-/m0/s1. The van der Waals surface area contributed by atoms with Crippen LogP contribution in [0.5, 0.6) is 0 Å². The first kappa shape index (κ1) is 16.1. The number of rotatable bonds is 5. The molecule has 0 spiro atoms. The number of H-pyrrole nitrogens is 1. The number of benzene rings is 1. The smallest absolute Gasteiger partial charge is 0.320 e. The molecule has 0 saturated heterocycles. The maximum absolute atomic E-state index is 12.2. The minimum atomic E-state index is -0.376. The summed E-state index contributed by atoms with van der Waals surface area (Å²) >= 11 is 0. The molecule has 126 valence electrons. The van der Waals surface area contributed by atoms with E-state index in [0.29, 0.717) is 12.2 Å². The molecule has 7 nitrogen and oxygen atoms in total. The quantitative estimate of drug-likeness (QED) is 0.577. The SMILES string of the molecule is Cc1cc(NC(=O)N[C@H](CO)Cc2c[nH]c3ccccc23)n(C)n1. The average Bonchev–Trinajstić information content (AvgIpc) is 3.10. The largest absolute Gasteiger partial charge is 0.394 e. The fourth-order valence-corrected chi connectivity index (χ4v) is 2.79. The van der Waals surface area contributed by atoms with Gasteiger partial charge >= 0.3 is 6.03 Å². The van der Waals surface area contributed by atoms with E-state index in [1.807, 2.05) is 37.4 Å². The lowest BCUT2D eigenvalue weighted by molar-refractivity contribution is 0.224. The number of aliphatic hydroxyl groups is 1. The number of aromatic nitrogens is 3. The molecule has 0 fully saturated rings. The van der Waals surface area contributed by atoms with Gasteiger partial charge in [-0.05, 0) is 25.0 Å². The van der Waals surface area contributed by atoms with Crippen LogP contribution in [0, 0.1) is 6.92 Å². The molecule has 0 aliphatic heterocycles. The number of fused-ring (bicyclic) bond motifs is 1. The Kier molecular flexibility index (Phi) is 4.52. The van der Waals surface area contributed by atoms with Gasteiger partial charge in [0.15, 0.2) is 0 Å². The Morgan fingerprint density at radius 2 is 2.21 bits per heavy atom. The van der Waals surface area contributed by atoms with Crippen LogP contribution in [0.15, 0.2) is 36.5 Å². The monoisotopic (exact) mass is 327 g/mol. The van der Waals surface area contributed by atoms with E-state index in [9.17, 15) is 9.90 Å². The lowest BCUT2D eigenvalue weighted by atomic mass is 10.1. The second-order valence-electron chi connectivity index (χ2n) is 5.84. The summed E-state index contributed by atoms with van der Waals surface area (Å²) in [5, 5.41) is 20.4. The molecule has 3 aromatic rings. The van der Waals surface area contributed by atoms with Crippen LogP contribution < -0.4 is 10.6 Å². The van der Waals surface area contributed by atoms with Gasteiger partial charge in [0.1, 0.15) is 5.82 Å². The van der Waals surface area contributed by atoms with E-state index in [-0.39, 0.29) is 18.7 Å². The topological polar surface area (TPSA) is 95.0 Å². The molecule has 24 heavy (non-hydrogen) atoms. The van der Waals surface area contributed by atoms with Crippen LogP contribution >= 0.6 is 0 Å². The lowest BCUT2D eigenvalue weighted by Crippen LogP contribution is -2.41. The van der Waals surface area contributed by atoms with E-state index >= 15 is 0 Å². The summed E-state index contributed by atoms with van der Waals surface area (Å²) in [5.74, 6) is 0.605. The summed E-state index contributed by atoms with van der Waals surface area (Å²) in [7, 11) is 1.76. The Labute approximate surface area is 139 Å². The molecule has 0 unspecified atom stereocenters. The molecular formula is C17H21N5O2. The second-order valence-corrected chi connectivity index (χ2v) is 5.84. The van der Waals surface area contributed by atoms with Gasteiger partial charge in [0.2, 0.25) is 0 Å². The van der Waals surface area contributed by atoms with E-state index in [1.165, 1.54) is 0 Å². The zero-order chi connectivity index (χ0) is 17.1. The predicted octanol–water partition coefficient (Wildman–Crippen LogP) is 1.93. The molecule has 0 aliphatic carbocycles. The van der Waals surface area contributed by atoms with Crippen LogP contribution in [0.25, 0.3) is 10.9 Å². The summed E-state index contributed by atoms with van der Waals surface area (Å²) in [5.41, 5.74) is 2.92. The van der Waals surface area contributed by atoms with Crippen LogP contribution in [0.3, 0.4) is 0 Å². The maximum Gasteiger partial charge on any atom is 0.320 e. The number of anilines is 1. The number of carbonyl (C=O) groups is 1. The fourth-order valence-electron chi connectivity index (χ4n) is 2.79. The molecule has 2 amide bonds. The molecule has 0 aliphatic rings. The number of aromatic amines is 1. The molecule has 0 saturated carbocycles. The Balaban J connectivity index is 1.66. The summed E-state index contributed by atoms with van der Waals surface area (Å²) in [6, 6.07) is 9.00. The van der Waals surface area contributed by atoms with E-state index < -0.39 is 0 Å². The van der Waals surface area contributed by atoms with Crippen LogP contribution in [0.4, 0.5) is 10.6 Å².